The number of carbonyl (C=O) groups is 2. The van der Waals surface area contributed by atoms with Crippen LogP contribution in [0.3, 0.4) is 0 Å². The number of nitrogens with one attached hydrogen (secondary N) is 1. The smallest absolute Gasteiger partial charge is 0.355 e. The third kappa shape index (κ3) is 6.32. The third-order valence-corrected chi connectivity index (χ3v) is 8.70. The van der Waals surface area contributed by atoms with E-state index in [1.54, 1.807) is 25.3 Å². The highest BCUT2D eigenvalue weighted by molar-refractivity contribution is 5.87. The summed E-state index contributed by atoms with van der Waals surface area (Å²) in [7, 11) is 1.49. The Hall–Kier alpha value is -2.46. The highest BCUT2D eigenvalue weighted by Crippen LogP contribution is 2.48. The zero-order valence-electron chi connectivity index (χ0n) is 23.5. The predicted molar refractivity (Wildman–Crippen MR) is 144 cm³/mol. The fourth-order valence-corrected chi connectivity index (χ4v) is 6.78. The second-order valence-corrected chi connectivity index (χ2v) is 11.7. The van der Waals surface area contributed by atoms with E-state index < -0.39 is 48.6 Å². The Morgan fingerprint density at radius 2 is 2.08 bits per heavy atom. The molecule has 2 fully saturated rings. The fraction of sp³-hybridized carbons (Fsp3) is 0.667. The second-order valence-electron chi connectivity index (χ2n) is 11.7. The first-order valence-electron chi connectivity index (χ1n) is 13.9. The van der Waals surface area contributed by atoms with Crippen molar-refractivity contribution in [1.29, 1.82) is 0 Å². The molecule has 1 saturated heterocycles. The second kappa shape index (κ2) is 12.4. The largest absolute Gasteiger partial charge is 0.457 e. The van der Waals surface area contributed by atoms with Crippen LogP contribution in [0, 0.1) is 29.6 Å². The Kier molecular flexibility index (Phi) is 9.37. The quantitative estimate of drug-likeness (QED) is 0.351. The minimum atomic E-state index is -0.810. The summed E-state index contributed by atoms with van der Waals surface area (Å²) in [6.07, 6.45) is 1.47. The molecule has 3 aliphatic rings. The van der Waals surface area contributed by atoms with E-state index in [-0.39, 0.29) is 29.6 Å². The number of cyclic esters (lactones) is 1. The van der Waals surface area contributed by atoms with E-state index in [1.165, 1.54) is 7.11 Å². The maximum absolute atomic E-state index is 13.0. The number of aliphatic hydroxyl groups excluding tert-OH is 2. The van der Waals surface area contributed by atoms with Crippen LogP contribution in [0.15, 0.2) is 42.1 Å². The van der Waals surface area contributed by atoms with Gasteiger partial charge in [0.15, 0.2) is 6.10 Å². The average molecular weight is 546 g/mol. The minimum Gasteiger partial charge on any atom is -0.457 e. The summed E-state index contributed by atoms with van der Waals surface area (Å²) in [6, 6.07) is 3.38. The van der Waals surface area contributed by atoms with Crippen LogP contribution in [0.25, 0.3) is 0 Å². The Morgan fingerprint density at radius 3 is 2.72 bits per heavy atom. The average Bonchev–Trinajstić information content (AvgIpc) is 3.55. The first kappa shape index (κ1) is 29.5. The standard InChI is InChI=1S/C30H43NO8/c1-15-10-17(3)26(19(5)32)38-30(35)23(36-6)13-20(11-15)12-16(2)24-21-14-37-28(24)27(18(4)25(21)33)39-29(34)22-8-7-9-31-22/h7-10,17-21,23-28,31-33H,2,11-14H2,1,3-6H3/b15-10+/t17-,18-,19-,20-,21+,23+,24-,25-,26+,27-,28-/m1/s1. The number of H-pyrrole nitrogens is 1. The molecule has 0 radical (unpaired) electrons. The van der Waals surface area contributed by atoms with Crippen LogP contribution in [0.5, 0.6) is 0 Å². The molecule has 1 aromatic heterocycles. The fourth-order valence-electron chi connectivity index (χ4n) is 6.78. The van der Waals surface area contributed by atoms with Crippen molar-refractivity contribution in [3.05, 3.63) is 47.8 Å². The maximum Gasteiger partial charge on any atom is 0.355 e. The Bertz CT molecular complexity index is 1050. The van der Waals surface area contributed by atoms with Gasteiger partial charge >= 0.3 is 11.9 Å². The van der Waals surface area contributed by atoms with Gasteiger partial charge in [-0.2, -0.15) is 0 Å². The van der Waals surface area contributed by atoms with Crippen molar-refractivity contribution in [3.63, 3.8) is 0 Å². The molecule has 3 N–H and O–H groups in total. The number of carbonyl (C=O) groups excluding carboxylic acids is 2. The van der Waals surface area contributed by atoms with Crippen LogP contribution in [0.2, 0.25) is 0 Å². The van der Waals surface area contributed by atoms with E-state index in [0.29, 0.717) is 25.1 Å². The van der Waals surface area contributed by atoms with E-state index in [4.69, 9.17) is 18.9 Å². The van der Waals surface area contributed by atoms with E-state index in [9.17, 15) is 19.8 Å². The van der Waals surface area contributed by atoms with Gasteiger partial charge in [-0.05, 0) is 51.2 Å². The molecule has 4 rings (SSSR count). The van der Waals surface area contributed by atoms with Crippen molar-refractivity contribution < 1.29 is 38.7 Å². The number of aromatic nitrogens is 1. The molecule has 0 unspecified atom stereocenters. The summed E-state index contributed by atoms with van der Waals surface area (Å²) in [5.41, 5.74) is 2.39. The molecule has 0 amide bonds. The normalized spacial score (nSPS) is 39.3. The molecule has 11 atom stereocenters. The number of methoxy groups -OCH3 is 1. The van der Waals surface area contributed by atoms with Crippen molar-refractivity contribution in [2.24, 2.45) is 29.6 Å². The van der Waals surface area contributed by atoms with Crippen molar-refractivity contribution in [2.45, 2.75) is 83.6 Å². The van der Waals surface area contributed by atoms with Crippen molar-refractivity contribution in [1.82, 2.24) is 4.98 Å². The van der Waals surface area contributed by atoms with Crippen LogP contribution in [-0.4, -0.2) is 77.5 Å². The zero-order chi connectivity index (χ0) is 28.4. The summed E-state index contributed by atoms with van der Waals surface area (Å²) >= 11 is 0. The predicted octanol–water partition coefficient (Wildman–Crippen LogP) is 3.43. The molecular formula is C30H43NO8. The van der Waals surface area contributed by atoms with Crippen molar-refractivity contribution in [3.8, 4) is 0 Å². The summed E-state index contributed by atoms with van der Waals surface area (Å²) in [6.45, 7) is 12.3. The maximum atomic E-state index is 13.0. The first-order valence-corrected chi connectivity index (χ1v) is 13.9. The molecule has 2 aliphatic heterocycles. The van der Waals surface area contributed by atoms with Gasteiger partial charge in [-0.25, -0.2) is 9.59 Å². The van der Waals surface area contributed by atoms with Crippen LogP contribution < -0.4 is 0 Å². The number of aliphatic hydroxyl groups is 2. The van der Waals surface area contributed by atoms with Gasteiger partial charge in [-0.1, -0.05) is 37.6 Å². The summed E-state index contributed by atoms with van der Waals surface area (Å²) < 4.78 is 23.3. The van der Waals surface area contributed by atoms with Crippen LogP contribution in [0.1, 0.15) is 57.4 Å². The van der Waals surface area contributed by atoms with Gasteiger partial charge in [0.25, 0.3) is 0 Å². The van der Waals surface area contributed by atoms with Crippen LogP contribution >= 0.6 is 0 Å². The number of fused-ring (bicyclic) bond motifs is 2. The van der Waals surface area contributed by atoms with Crippen LogP contribution in [0.4, 0.5) is 0 Å². The molecule has 3 heterocycles. The van der Waals surface area contributed by atoms with Gasteiger partial charge in [0, 0.05) is 37.0 Å². The van der Waals surface area contributed by atoms with Crippen molar-refractivity contribution in [2.75, 3.05) is 13.7 Å². The van der Waals surface area contributed by atoms with Gasteiger partial charge in [-0.3, -0.25) is 0 Å². The molecule has 9 heteroatoms. The molecular weight excluding hydrogens is 502 g/mol. The number of esters is 2. The van der Waals surface area contributed by atoms with E-state index in [0.717, 1.165) is 17.6 Å². The highest BCUT2D eigenvalue weighted by atomic mass is 16.6. The lowest BCUT2D eigenvalue weighted by atomic mass is 9.67. The third-order valence-electron chi connectivity index (χ3n) is 8.70. The van der Waals surface area contributed by atoms with E-state index in [1.807, 2.05) is 20.8 Å². The molecule has 1 saturated carbocycles. The van der Waals surface area contributed by atoms with Gasteiger partial charge in [0.2, 0.25) is 0 Å². The molecule has 1 aromatic rings. The topological polar surface area (TPSA) is 127 Å². The van der Waals surface area contributed by atoms with Gasteiger partial charge in [0.1, 0.15) is 24.0 Å². The lowest BCUT2D eigenvalue weighted by Crippen LogP contribution is -2.52. The molecule has 216 valence electrons. The molecule has 9 nitrogen and oxygen atoms in total. The molecule has 0 aromatic carbocycles. The zero-order valence-corrected chi connectivity index (χ0v) is 23.5. The Balaban J connectivity index is 1.53. The lowest BCUT2D eigenvalue weighted by molar-refractivity contribution is -0.170. The number of aromatic amines is 1. The summed E-state index contributed by atoms with van der Waals surface area (Å²) in [5.74, 6) is -1.74. The number of hydrogen-bond acceptors (Lipinski definition) is 8. The molecule has 1 aliphatic carbocycles. The Labute approximate surface area is 230 Å². The molecule has 39 heavy (non-hydrogen) atoms. The number of rotatable bonds is 7. The summed E-state index contributed by atoms with van der Waals surface area (Å²) in [5, 5.41) is 21.4. The van der Waals surface area contributed by atoms with Gasteiger partial charge < -0.3 is 34.1 Å². The van der Waals surface area contributed by atoms with Crippen LogP contribution in [-0.2, 0) is 23.7 Å². The molecule has 0 spiro atoms. The number of ether oxygens (including phenoxy) is 4. The van der Waals surface area contributed by atoms with Crippen molar-refractivity contribution >= 4 is 11.9 Å². The van der Waals surface area contributed by atoms with E-state index >= 15 is 0 Å². The number of allylic oxidation sites excluding steroid dienone is 1. The minimum absolute atomic E-state index is 0.0253. The Morgan fingerprint density at radius 1 is 1.33 bits per heavy atom. The number of hydrogen-bond donors (Lipinski definition) is 3. The van der Waals surface area contributed by atoms with Gasteiger partial charge in [-0.15, -0.1) is 0 Å². The van der Waals surface area contributed by atoms with Gasteiger partial charge in [0.05, 0.1) is 18.8 Å². The lowest BCUT2D eigenvalue weighted by Gasteiger charge is -2.42. The summed E-state index contributed by atoms with van der Waals surface area (Å²) in [4.78, 5) is 28.6. The SMILES string of the molecule is C=C(C[C@H]1C/C(C)=C/[C@@H](C)[C@@H]([C@@H](C)O)OC(=O)[C@@H](OC)C1)[C@@H]1[C@@H]2CO[C@H]1[C@H](OC(=O)c1ccc[nH]1)[C@H](C)[C@H]2O. The van der Waals surface area contributed by atoms with E-state index in [2.05, 4.69) is 17.6 Å². The monoisotopic (exact) mass is 545 g/mol. The first-order chi connectivity index (χ1) is 18.5. The highest BCUT2D eigenvalue weighted by Gasteiger charge is 2.56. The molecule has 2 bridgehead atoms.